The Labute approximate surface area is 245 Å². The van der Waals surface area contributed by atoms with E-state index in [0.29, 0.717) is 6.54 Å². The molecule has 0 aliphatic carbocycles. The molecule has 1 aromatic carbocycles. The Balaban J connectivity index is 1.43. The molecule has 1 spiro atoms. The van der Waals surface area contributed by atoms with Gasteiger partial charge >= 0.3 is 6.03 Å². The van der Waals surface area contributed by atoms with Gasteiger partial charge in [-0.1, -0.05) is 42.5 Å². The average Bonchev–Trinajstić information content (AvgIpc) is 3.65. The minimum Gasteiger partial charge on any atom is -0.346 e. The van der Waals surface area contributed by atoms with E-state index in [9.17, 15) is 28.8 Å². The number of nitrogens with one attached hydrogen (secondary N) is 3. The number of carbonyl (C=O) groups excluding carboxylic acids is 6. The number of rotatable bonds is 12. The molecule has 4 atom stereocenters. The summed E-state index contributed by atoms with van der Waals surface area (Å²) in [4.78, 5) is 82.3. The van der Waals surface area contributed by atoms with Crippen molar-refractivity contribution in [3.63, 3.8) is 0 Å². The highest BCUT2D eigenvalue weighted by atomic mass is 16.2. The molecule has 224 valence electrons. The number of ketones is 2. The normalized spacial score (nSPS) is 27.0. The van der Waals surface area contributed by atoms with Crippen molar-refractivity contribution < 1.29 is 28.8 Å². The van der Waals surface area contributed by atoms with Crippen molar-refractivity contribution in [3.8, 4) is 0 Å². The number of benzene rings is 1. The first-order valence-corrected chi connectivity index (χ1v) is 14.0. The van der Waals surface area contributed by atoms with Gasteiger partial charge in [-0.25, -0.2) is 4.79 Å². The SMILES string of the molecule is C=CCN[C@@]1(C(C)=O)C[C@@H](C(C)=O)N(C(=O)CNC(=O)[C@@H]2C[C@]3(CN2)C(=O)N(Cc2ccccc2)C(=O)N3CC=C)C1. The number of likely N-dealkylation sites (tertiary alicyclic amines) is 1. The highest BCUT2D eigenvalue weighted by molar-refractivity contribution is 6.08. The van der Waals surface area contributed by atoms with Crippen LogP contribution in [0.1, 0.15) is 32.3 Å². The second-order valence-electron chi connectivity index (χ2n) is 11.1. The highest BCUT2D eigenvalue weighted by Crippen LogP contribution is 2.36. The largest absolute Gasteiger partial charge is 0.346 e. The van der Waals surface area contributed by atoms with Crippen LogP contribution >= 0.6 is 0 Å². The number of Topliss-reactive ketones (excluding diaryl/α,β-unsaturated/α-hetero) is 2. The molecule has 42 heavy (non-hydrogen) atoms. The number of hydrogen-bond acceptors (Lipinski definition) is 8. The fraction of sp³-hybridized carbons (Fsp3) is 0.467. The van der Waals surface area contributed by atoms with Gasteiger partial charge in [0.15, 0.2) is 11.6 Å². The maximum Gasteiger partial charge on any atom is 0.328 e. The molecule has 0 radical (unpaired) electrons. The Kier molecular flexibility index (Phi) is 9.07. The number of nitrogens with zero attached hydrogens (tertiary/aromatic N) is 3. The number of amides is 5. The molecule has 12 heteroatoms. The van der Waals surface area contributed by atoms with Crippen LogP contribution in [0.15, 0.2) is 55.6 Å². The standard InChI is InChI=1S/C30H38N6O6/c1-5-12-33-29(21(4)38)15-24(20(3)37)35(19-29)25(39)16-31-26(40)23-14-30(18-32-23)27(41)34(28(42)36(30)13-6-2)17-22-10-8-7-9-11-22/h5-11,23-24,32-33H,1-2,12-19H2,3-4H3,(H,31,40)/t23-,24-,29-,30-/m0/s1. The van der Waals surface area contributed by atoms with Crippen molar-refractivity contribution in [1.29, 1.82) is 0 Å². The molecule has 4 rings (SSSR count). The second-order valence-corrected chi connectivity index (χ2v) is 11.1. The summed E-state index contributed by atoms with van der Waals surface area (Å²) in [6, 6.07) is 7.06. The average molecular weight is 579 g/mol. The molecule has 3 saturated heterocycles. The molecule has 0 bridgehead atoms. The zero-order chi connectivity index (χ0) is 30.7. The summed E-state index contributed by atoms with van der Waals surface area (Å²) in [6.45, 7) is 10.4. The van der Waals surface area contributed by atoms with E-state index < -0.39 is 53.5 Å². The first-order valence-electron chi connectivity index (χ1n) is 14.0. The van der Waals surface area contributed by atoms with E-state index in [2.05, 4.69) is 29.1 Å². The van der Waals surface area contributed by atoms with Gasteiger partial charge in [0.25, 0.3) is 5.91 Å². The van der Waals surface area contributed by atoms with Gasteiger partial charge in [0.1, 0.15) is 5.54 Å². The van der Waals surface area contributed by atoms with Crippen LogP contribution in [-0.4, -0.2) is 106 Å². The van der Waals surface area contributed by atoms with Crippen molar-refractivity contribution in [1.82, 2.24) is 30.7 Å². The highest BCUT2D eigenvalue weighted by Gasteiger charge is 2.60. The Morgan fingerprint density at radius 3 is 2.40 bits per heavy atom. The Hall–Kier alpha value is -4.16. The third-order valence-corrected chi connectivity index (χ3v) is 8.44. The van der Waals surface area contributed by atoms with Crippen LogP contribution in [0.3, 0.4) is 0 Å². The van der Waals surface area contributed by atoms with E-state index in [1.54, 1.807) is 6.08 Å². The molecule has 0 unspecified atom stereocenters. The van der Waals surface area contributed by atoms with E-state index in [4.69, 9.17) is 0 Å². The molecule has 0 saturated carbocycles. The van der Waals surface area contributed by atoms with Gasteiger partial charge in [0.05, 0.1) is 30.7 Å². The molecular formula is C30H38N6O6. The van der Waals surface area contributed by atoms with Gasteiger partial charge in [-0.05, 0) is 19.4 Å². The first-order chi connectivity index (χ1) is 20.0. The number of urea groups is 1. The van der Waals surface area contributed by atoms with Crippen LogP contribution in [-0.2, 0) is 30.5 Å². The van der Waals surface area contributed by atoms with Crippen molar-refractivity contribution in [2.24, 2.45) is 0 Å². The fourth-order valence-corrected chi connectivity index (χ4v) is 6.09. The van der Waals surface area contributed by atoms with Gasteiger partial charge in [0.2, 0.25) is 11.8 Å². The van der Waals surface area contributed by atoms with E-state index >= 15 is 0 Å². The molecule has 3 aliphatic rings. The quantitative estimate of drug-likeness (QED) is 0.235. The molecule has 0 aromatic heterocycles. The maximum absolute atomic E-state index is 13.7. The van der Waals surface area contributed by atoms with E-state index in [1.807, 2.05) is 30.3 Å². The number of hydrogen-bond donors (Lipinski definition) is 3. The van der Waals surface area contributed by atoms with Gasteiger partial charge in [-0.3, -0.25) is 34.2 Å². The summed E-state index contributed by atoms with van der Waals surface area (Å²) < 4.78 is 0. The van der Waals surface area contributed by atoms with Crippen LogP contribution in [0.5, 0.6) is 0 Å². The zero-order valence-electron chi connectivity index (χ0n) is 24.1. The molecule has 5 amide bonds. The summed E-state index contributed by atoms with van der Waals surface area (Å²) in [6.07, 6.45) is 3.29. The Bertz CT molecular complexity index is 1300. The lowest BCUT2D eigenvalue weighted by Gasteiger charge is -2.29. The Morgan fingerprint density at radius 1 is 1.07 bits per heavy atom. The fourth-order valence-electron chi connectivity index (χ4n) is 6.09. The van der Waals surface area contributed by atoms with Crippen molar-refractivity contribution in [2.45, 2.75) is 56.4 Å². The molecule has 1 aromatic rings. The molecule has 12 nitrogen and oxygen atoms in total. The van der Waals surface area contributed by atoms with E-state index in [0.717, 1.165) is 5.56 Å². The summed E-state index contributed by atoms with van der Waals surface area (Å²) >= 11 is 0. The summed E-state index contributed by atoms with van der Waals surface area (Å²) in [5, 5.41) is 8.78. The van der Waals surface area contributed by atoms with Crippen LogP contribution in [0.4, 0.5) is 4.79 Å². The van der Waals surface area contributed by atoms with Crippen molar-refractivity contribution >= 4 is 35.3 Å². The summed E-state index contributed by atoms with van der Waals surface area (Å²) in [5.74, 6) is -1.87. The Morgan fingerprint density at radius 2 is 1.79 bits per heavy atom. The number of imide groups is 1. The lowest BCUT2D eigenvalue weighted by molar-refractivity contribution is -0.137. The minimum absolute atomic E-state index is 0.00963. The van der Waals surface area contributed by atoms with Gasteiger partial charge in [0, 0.05) is 39.0 Å². The lowest BCUT2D eigenvalue weighted by Crippen LogP contribution is -2.54. The maximum atomic E-state index is 13.7. The number of carbonyl (C=O) groups is 6. The topological polar surface area (TPSA) is 148 Å². The predicted molar refractivity (Wildman–Crippen MR) is 154 cm³/mol. The van der Waals surface area contributed by atoms with Crippen molar-refractivity contribution in [2.75, 3.05) is 32.7 Å². The van der Waals surface area contributed by atoms with Crippen molar-refractivity contribution in [3.05, 3.63) is 61.2 Å². The molecule has 3 aliphatic heterocycles. The molecule has 3 heterocycles. The van der Waals surface area contributed by atoms with E-state index in [-0.39, 0.29) is 50.6 Å². The third-order valence-electron chi connectivity index (χ3n) is 8.44. The predicted octanol–water partition coefficient (Wildman–Crippen LogP) is 0.147. The summed E-state index contributed by atoms with van der Waals surface area (Å²) in [5.41, 5.74) is -1.55. The first kappa shape index (κ1) is 30.8. The minimum atomic E-state index is -1.27. The van der Waals surface area contributed by atoms with Gasteiger partial charge in [-0.15, -0.1) is 13.2 Å². The third kappa shape index (κ3) is 5.64. The lowest BCUT2D eigenvalue weighted by atomic mass is 9.90. The van der Waals surface area contributed by atoms with E-state index in [1.165, 1.54) is 34.6 Å². The second kappa shape index (κ2) is 12.4. The zero-order valence-corrected chi connectivity index (χ0v) is 24.1. The molecule has 3 N–H and O–H groups in total. The monoisotopic (exact) mass is 578 g/mol. The molecule has 3 fully saturated rings. The van der Waals surface area contributed by atoms with Crippen LogP contribution in [0, 0.1) is 0 Å². The van der Waals surface area contributed by atoms with Crippen LogP contribution in [0.2, 0.25) is 0 Å². The molecular weight excluding hydrogens is 540 g/mol. The van der Waals surface area contributed by atoms with Gasteiger partial charge in [-0.2, -0.15) is 0 Å². The smallest absolute Gasteiger partial charge is 0.328 e. The van der Waals surface area contributed by atoms with Crippen LogP contribution < -0.4 is 16.0 Å². The van der Waals surface area contributed by atoms with Gasteiger partial charge < -0.3 is 20.4 Å². The summed E-state index contributed by atoms with van der Waals surface area (Å²) in [7, 11) is 0. The van der Waals surface area contributed by atoms with Crippen LogP contribution in [0.25, 0.3) is 0 Å².